The van der Waals surface area contributed by atoms with Crippen LogP contribution in [0.2, 0.25) is 0 Å². The number of benzene rings is 8. The van der Waals surface area contributed by atoms with Crippen LogP contribution >= 0.6 is 0 Å². The lowest BCUT2D eigenvalue weighted by Gasteiger charge is -2.50. The van der Waals surface area contributed by atoms with E-state index in [1.54, 1.807) is 0 Å². The van der Waals surface area contributed by atoms with Crippen molar-refractivity contribution in [1.82, 2.24) is 44.4 Å². The third-order valence-electron chi connectivity index (χ3n) is 21.3. The summed E-state index contributed by atoms with van der Waals surface area (Å²) in [7, 11) is 0. The second-order valence-electron chi connectivity index (χ2n) is 28.3. The van der Waals surface area contributed by atoms with Gasteiger partial charge in [0.05, 0.1) is 44.3 Å². The van der Waals surface area contributed by atoms with Crippen LogP contribution in [0, 0.1) is 19.3 Å². The minimum absolute atomic E-state index is 0.119. The zero-order valence-corrected chi connectivity index (χ0v) is 57.1. The molecule has 1 aliphatic carbocycles. The summed E-state index contributed by atoms with van der Waals surface area (Å²) in [5.74, 6) is 8.16. The van der Waals surface area contributed by atoms with Crippen LogP contribution in [0.5, 0.6) is 0 Å². The predicted octanol–water partition coefficient (Wildman–Crippen LogP) is 18.9. The number of rotatable bonds is 8. The minimum Gasteiger partial charge on any atom is -0.327 e. The summed E-state index contributed by atoms with van der Waals surface area (Å²) < 4.78 is 2.34. The summed E-state index contributed by atoms with van der Waals surface area (Å²) in [5.41, 5.74) is 14.6. The molecule has 3 aliphatic heterocycles. The molecule has 3 aromatic heterocycles. The molecule has 0 unspecified atom stereocenters. The fraction of sp³-hybridized carbons (Fsp3) is 0.280. The van der Waals surface area contributed by atoms with Crippen molar-refractivity contribution in [3.05, 3.63) is 223 Å². The van der Waals surface area contributed by atoms with Gasteiger partial charge in [-0.25, -0.2) is 19.9 Å². The van der Waals surface area contributed by atoms with Crippen molar-refractivity contribution in [3.8, 4) is 91.3 Å². The van der Waals surface area contributed by atoms with Crippen molar-refractivity contribution in [3.63, 3.8) is 0 Å². The average Bonchev–Trinajstić information content (AvgIpc) is 1.52. The molecule has 0 bridgehead atoms. The van der Waals surface area contributed by atoms with Gasteiger partial charge >= 0.3 is 0 Å². The Hall–Kier alpha value is -10.1. The maximum atomic E-state index is 5.85. The van der Waals surface area contributed by atoms with Gasteiger partial charge in [-0.05, 0) is 170 Å². The number of nitrogens with zero attached hydrogens (tertiary/aromatic N) is 12. The zero-order chi connectivity index (χ0) is 66.7. The molecule has 0 amide bonds. The number of para-hydroxylation sites is 2. The lowest BCUT2D eigenvalue weighted by Crippen LogP contribution is -2.63. The quantitative estimate of drug-likeness (QED) is 0.136. The number of anilines is 3. The van der Waals surface area contributed by atoms with Crippen molar-refractivity contribution in [2.45, 2.75) is 149 Å². The number of aliphatic imine (C=N–C) groups is 1. The van der Waals surface area contributed by atoms with Crippen LogP contribution in [0.1, 0.15) is 133 Å². The topological polar surface area (TPSA) is 117 Å². The molecule has 1 radical (unpaired) electrons. The van der Waals surface area contributed by atoms with Gasteiger partial charge in [0.2, 0.25) is 23.8 Å². The number of terminal acetylenes is 1. The van der Waals surface area contributed by atoms with E-state index in [0.29, 0.717) is 35.2 Å². The Morgan fingerprint density at radius 2 is 0.904 bits per heavy atom. The third-order valence-corrected chi connectivity index (χ3v) is 21.3. The molecule has 4 aliphatic rings. The SMILES string of the molecule is C#Cc1ccccc1-c1ccc(-c2nc(-c3cccc(-c4ccccc4)c3)nc(N3C4=NC(C)(C)C(C)(C)N4C(C)(C)C3(C)C)n2)cc1[CH2].CC.CC1(C)c2ccccc2-c2c(-c3nc(-c4ccccc4)nc(N4c5nc6ccccc6n5C(C)(C)C4(C)C)n3)cccc21. The largest absolute Gasteiger partial charge is 0.327 e. The lowest BCUT2D eigenvalue weighted by molar-refractivity contribution is 0.0527. The highest BCUT2D eigenvalue weighted by Crippen LogP contribution is 2.56. The van der Waals surface area contributed by atoms with Crippen LogP contribution in [-0.4, -0.2) is 78.0 Å². The molecule has 0 N–H and O–H groups in total. The van der Waals surface area contributed by atoms with E-state index in [1.807, 2.05) is 80.6 Å². The Kier molecular flexibility index (Phi) is 15.1. The van der Waals surface area contributed by atoms with Gasteiger partial charge in [0.15, 0.2) is 23.3 Å². The first-order valence-electron chi connectivity index (χ1n) is 32.8. The first-order chi connectivity index (χ1) is 44.8. The molecule has 0 spiro atoms. The smallest absolute Gasteiger partial charge is 0.237 e. The molecule has 8 aromatic carbocycles. The first kappa shape index (κ1) is 62.7. The van der Waals surface area contributed by atoms with E-state index in [9.17, 15) is 0 Å². The molecule has 94 heavy (non-hydrogen) atoms. The van der Waals surface area contributed by atoms with Gasteiger partial charge in [-0.3, -0.25) is 9.80 Å². The van der Waals surface area contributed by atoms with Gasteiger partial charge in [0.25, 0.3) is 0 Å². The monoisotopic (exact) mass is 1240 g/mol. The van der Waals surface area contributed by atoms with E-state index >= 15 is 0 Å². The van der Waals surface area contributed by atoms with E-state index < -0.39 is 5.54 Å². The van der Waals surface area contributed by atoms with Gasteiger partial charge in [-0.2, -0.15) is 19.9 Å². The summed E-state index contributed by atoms with van der Waals surface area (Å²) in [5, 5.41) is 0. The van der Waals surface area contributed by atoms with E-state index in [1.165, 1.54) is 22.3 Å². The van der Waals surface area contributed by atoms with E-state index in [4.69, 9.17) is 46.3 Å². The Morgan fingerprint density at radius 3 is 1.59 bits per heavy atom. The molecule has 6 heterocycles. The maximum Gasteiger partial charge on any atom is 0.237 e. The van der Waals surface area contributed by atoms with Gasteiger partial charge in [0, 0.05) is 33.2 Å². The second kappa shape index (κ2) is 22.6. The van der Waals surface area contributed by atoms with Crippen molar-refractivity contribution in [2.75, 3.05) is 9.80 Å². The van der Waals surface area contributed by atoms with Crippen molar-refractivity contribution in [1.29, 1.82) is 0 Å². The normalized spacial score (nSPS) is 17.4. The van der Waals surface area contributed by atoms with E-state index in [2.05, 4.69) is 256 Å². The fourth-order valence-corrected chi connectivity index (χ4v) is 14.3. The first-order valence-corrected chi connectivity index (χ1v) is 32.8. The highest BCUT2D eigenvalue weighted by molar-refractivity contribution is 6.02. The molecule has 0 atom stereocenters. The molecule has 1 saturated heterocycles. The molecule has 12 nitrogen and oxygen atoms in total. The van der Waals surface area contributed by atoms with Crippen LogP contribution in [0.4, 0.5) is 17.8 Å². The fourth-order valence-electron chi connectivity index (χ4n) is 14.3. The number of hydrogen-bond acceptors (Lipinski definition) is 11. The molecule has 11 aromatic rings. The molecule has 0 saturated carbocycles. The molecule has 12 heteroatoms. The Balaban J connectivity index is 0.000000168. The summed E-state index contributed by atoms with van der Waals surface area (Å²) in [6, 6.07) is 66.6. The maximum absolute atomic E-state index is 5.85. The van der Waals surface area contributed by atoms with Crippen molar-refractivity contribution >= 4 is 34.8 Å². The Morgan fingerprint density at radius 1 is 0.394 bits per heavy atom. The predicted molar refractivity (Wildman–Crippen MR) is 387 cm³/mol. The number of imidazole rings is 1. The van der Waals surface area contributed by atoms with Crippen LogP contribution in [0.3, 0.4) is 0 Å². The van der Waals surface area contributed by atoms with Crippen molar-refractivity contribution in [2.24, 2.45) is 4.99 Å². The van der Waals surface area contributed by atoms with Crippen LogP contribution in [0.25, 0.3) is 90.0 Å². The van der Waals surface area contributed by atoms with Crippen LogP contribution < -0.4 is 9.80 Å². The number of fused-ring (bicyclic) bond motifs is 7. The number of guanidine groups is 1. The van der Waals surface area contributed by atoms with E-state index in [-0.39, 0.29) is 33.1 Å². The van der Waals surface area contributed by atoms with Gasteiger partial charge in [0.1, 0.15) is 0 Å². The number of aromatic nitrogens is 8. The molecular formula is C82H83N12. The van der Waals surface area contributed by atoms with Gasteiger partial charge in [-0.15, -0.1) is 6.42 Å². The standard InChI is InChI=1S/C43H43N6.C37H34N6.C2H6/c1-11-29-18-15-16-23-35(29)34-25-24-33(26-28(34)2)37-44-36(32-22-17-21-31(27-32)30-19-13-12-14-20-30)45-38(46-37)48-39-47-40(3,4)41(5,6)49(39)43(9,10)42(48,7)8;1-35(2)26-19-11-10-17-24(26)30-25(18-14-20-27(30)35)32-39-31(23-15-8-7-9-16-23)40-33(41-32)43-34-38-28-21-12-13-22-29(28)42(34)36(3,4)37(43,5)6;1-2/h1,12-27H,2H2,3-10H3;7-22H,1-6H3;1-2H3. The van der Waals surface area contributed by atoms with Gasteiger partial charge in [-0.1, -0.05) is 197 Å². The van der Waals surface area contributed by atoms with Crippen LogP contribution in [-0.2, 0) is 11.0 Å². The summed E-state index contributed by atoms with van der Waals surface area (Å²) in [6.07, 6.45) is 5.85. The number of hydrogen-bond donors (Lipinski definition) is 0. The summed E-state index contributed by atoms with van der Waals surface area (Å²) >= 11 is 0. The molecular weight excluding hydrogens is 1150 g/mol. The molecule has 471 valence electrons. The highest BCUT2D eigenvalue weighted by atomic mass is 15.6. The molecule has 1 fully saturated rings. The minimum atomic E-state index is -0.415. The summed E-state index contributed by atoms with van der Waals surface area (Å²) in [4.78, 5) is 48.6. The van der Waals surface area contributed by atoms with Gasteiger partial charge < -0.3 is 9.47 Å². The Bertz CT molecular complexity index is 4850. The van der Waals surface area contributed by atoms with Crippen molar-refractivity contribution < 1.29 is 0 Å². The zero-order valence-electron chi connectivity index (χ0n) is 57.1. The second-order valence-corrected chi connectivity index (χ2v) is 28.3. The highest BCUT2D eigenvalue weighted by Gasteiger charge is 2.66. The Labute approximate surface area is 555 Å². The third kappa shape index (κ3) is 9.63. The average molecular weight is 1240 g/mol. The lowest BCUT2D eigenvalue weighted by atomic mass is 9.76. The summed E-state index contributed by atoms with van der Waals surface area (Å²) in [6.45, 7) is 40.1. The molecule has 15 rings (SSSR count). The van der Waals surface area contributed by atoms with Crippen LogP contribution in [0.15, 0.2) is 199 Å². The van der Waals surface area contributed by atoms with E-state index in [0.717, 1.165) is 78.6 Å².